The summed E-state index contributed by atoms with van der Waals surface area (Å²) in [5.74, 6) is 0.127. The van der Waals surface area contributed by atoms with Crippen molar-refractivity contribution in [1.82, 2.24) is 0 Å². The summed E-state index contributed by atoms with van der Waals surface area (Å²) in [7, 11) is 0. The standard InChI is InChI=1S/C16H16O3S/c1-12(17)13-5-2-6-14(11-13)19-16(18)9-3-7-15-8-4-10-20-15/h2,4-6,8,10-11H,3,7,9H2,1H3. The lowest BCUT2D eigenvalue weighted by molar-refractivity contribution is -0.134. The SMILES string of the molecule is CC(=O)c1cccc(OC(=O)CCCc2cccs2)c1. The lowest BCUT2D eigenvalue weighted by atomic mass is 10.1. The molecule has 0 amide bonds. The predicted octanol–water partition coefficient (Wildman–Crippen LogP) is 3.88. The van der Waals surface area contributed by atoms with Gasteiger partial charge in [-0.15, -0.1) is 11.3 Å². The van der Waals surface area contributed by atoms with Crippen LogP contribution >= 0.6 is 11.3 Å². The number of ether oxygens (including phenoxy) is 1. The average Bonchev–Trinajstić information content (AvgIpc) is 2.92. The van der Waals surface area contributed by atoms with Crippen LogP contribution in [0, 0.1) is 0 Å². The number of esters is 1. The smallest absolute Gasteiger partial charge is 0.311 e. The zero-order valence-electron chi connectivity index (χ0n) is 11.3. The van der Waals surface area contributed by atoms with Gasteiger partial charge in [-0.25, -0.2) is 0 Å². The molecular formula is C16H16O3S. The van der Waals surface area contributed by atoms with Crippen LogP contribution in [0.5, 0.6) is 5.75 Å². The minimum absolute atomic E-state index is 0.0411. The first-order valence-corrected chi connectivity index (χ1v) is 7.37. The minimum atomic E-state index is -0.262. The molecule has 0 aliphatic heterocycles. The van der Waals surface area contributed by atoms with Crippen LogP contribution in [0.25, 0.3) is 0 Å². The summed E-state index contributed by atoms with van der Waals surface area (Å²) < 4.78 is 5.24. The van der Waals surface area contributed by atoms with Crippen LogP contribution in [-0.4, -0.2) is 11.8 Å². The largest absolute Gasteiger partial charge is 0.427 e. The van der Waals surface area contributed by atoms with E-state index in [-0.39, 0.29) is 11.8 Å². The highest BCUT2D eigenvalue weighted by Gasteiger charge is 2.07. The summed E-state index contributed by atoms with van der Waals surface area (Å²) >= 11 is 1.69. The predicted molar refractivity (Wildman–Crippen MR) is 79.3 cm³/mol. The van der Waals surface area contributed by atoms with Crippen LogP contribution in [0.1, 0.15) is 35.0 Å². The number of rotatable bonds is 6. The van der Waals surface area contributed by atoms with Crippen molar-refractivity contribution in [3.8, 4) is 5.75 Å². The number of carbonyl (C=O) groups is 2. The third kappa shape index (κ3) is 4.31. The number of Topliss-reactive ketones (excluding diaryl/α,β-unsaturated/α-hetero) is 1. The van der Waals surface area contributed by atoms with Crippen molar-refractivity contribution < 1.29 is 14.3 Å². The van der Waals surface area contributed by atoms with E-state index in [0.717, 1.165) is 12.8 Å². The fraction of sp³-hybridized carbons (Fsp3) is 0.250. The maximum Gasteiger partial charge on any atom is 0.311 e. The minimum Gasteiger partial charge on any atom is -0.427 e. The van der Waals surface area contributed by atoms with Crippen LogP contribution in [0.4, 0.5) is 0 Å². The molecule has 0 unspecified atom stereocenters. The molecule has 1 aromatic heterocycles. The van der Waals surface area contributed by atoms with Crippen molar-refractivity contribution in [2.24, 2.45) is 0 Å². The molecule has 0 bridgehead atoms. The van der Waals surface area contributed by atoms with Crippen molar-refractivity contribution in [2.75, 3.05) is 0 Å². The molecule has 0 atom stereocenters. The number of hydrogen-bond acceptors (Lipinski definition) is 4. The molecule has 0 N–H and O–H groups in total. The number of benzene rings is 1. The second-order valence-corrected chi connectivity index (χ2v) is 5.52. The molecule has 1 aromatic carbocycles. The summed E-state index contributed by atoms with van der Waals surface area (Å²) in [6.45, 7) is 1.49. The monoisotopic (exact) mass is 288 g/mol. The van der Waals surface area contributed by atoms with Crippen LogP contribution in [0.3, 0.4) is 0 Å². The van der Waals surface area contributed by atoms with Gasteiger partial charge in [0.2, 0.25) is 0 Å². The molecule has 2 rings (SSSR count). The Labute approximate surface area is 122 Å². The van der Waals surface area contributed by atoms with E-state index in [0.29, 0.717) is 17.7 Å². The Hall–Kier alpha value is -1.94. The first-order chi connectivity index (χ1) is 9.65. The quantitative estimate of drug-likeness (QED) is 0.460. The molecule has 1 heterocycles. The third-order valence-corrected chi connectivity index (χ3v) is 3.79. The number of carbonyl (C=O) groups excluding carboxylic acids is 2. The highest BCUT2D eigenvalue weighted by atomic mass is 32.1. The average molecular weight is 288 g/mol. The Morgan fingerprint density at radius 1 is 1.20 bits per heavy atom. The Morgan fingerprint density at radius 3 is 2.75 bits per heavy atom. The second kappa shape index (κ2) is 7.01. The van der Waals surface area contributed by atoms with Gasteiger partial charge in [0.1, 0.15) is 5.75 Å². The molecule has 0 spiro atoms. The second-order valence-electron chi connectivity index (χ2n) is 4.49. The van der Waals surface area contributed by atoms with Gasteiger partial charge in [-0.05, 0) is 43.3 Å². The molecule has 20 heavy (non-hydrogen) atoms. The number of ketones is 1. The van der Waals surface area contributed by atoms with Crippen LogP contribution in [-0.2, 0) is 11.2 Å². The number of thiophene rings is 1. The fourth-order valence-corrected chi connectivity index (χ4v) is 2.57. The van der Waals surface area contributed by atoms with E-state index >= 15 is 0 Å². The summed E-state index contributed by atoms with van der Waals surface area (Å²) in [6.07, 6.45) is 2.04. The van der Waals surface area contributed by atoms with E-state index in [4.69, 9.17) is 4.74 Å². The van der Waals surface area contributed by atoms with Crippen molar-refractivity contribution >= 4 is 23.1 Å². The van der Waals surface area contributed by atoms with E-state index < -0.39 is 0 Å². The normalized spacial score (nSPS) is 10.2. The van der Waals surface area contributed by atoms with Gasteiger partial charge in [-0.3, -0.25) is 9.59 Å². The van der Waals surface area contributed by atoms with Gasteiger partial charge in [0.05, 0.1) is 0 Å². The van der Waals surface area contributed by atoms with E-state index in [2.05, 4.69) is 6.07 Å². The number of aryl methyl sites for hydroxylation is 1. The molecule has 4 heteroatoms. The number of hydrogen-bond donors (Lipinski definition) is 0. The molecule has 104 valence electrons. The molecule has 3 nitrogen and oxygen atoms in total. The highest BCUT2D eigenvalue weighted by Crippen LogP contribution is 2.16. The molecular weight excluding hydrogens is 272 g/mol. The zero-order valence-corrected chi connectivity index (χ0v) is 12.1. The van der Waals surface area contributed by atoms with Gasteiger partial charge in [-0.2, -0.15) is 0 Å². The molecule has 0 aliphatic rings. The lowest BCUT2D eigenvalue weighted by Gasteiger charge is -2.05. The third-order valence-electron chi connectivity index (χ3n) is 2.86. The zero-order chi connectivity index (χ0) is 14.4. The Bertz CT molecular complexity index is 588. The van der Waals surface area contributed by atoms with E-state index in [1.807, 2.05) is 11.4 Å². The lowest BCUT2D eigenvalue weighted by Crippen LogP contribution is -2.08. The topological polar surface area (TPSA) is 43.4 Å². The van der Waals surface area contributed by atoms with Gasteiger partial charge in [0, 0.05) is 16.9 Å². The van der Waals surface area contributed by atoms with Crippen LogP contribution in [0.15, 0.2) is 41.8 Å². The van der Waals surface area contributed by atoms with Gasteiger partial charge in [0.15, 0.2) is 5.78 Å². The summed E-state index contributed by atoms with van der Waals surface area (Å²) in [5.41, 5.74) is 0.550. The molecule has 0 saturated carbocycles. The molecule has 0 fully saturated rings. The Kier molecular flexibility index (Phi) is 5.07. The van der Waals surface area contributed by atoms with Gasteiger partial charge < -0.3 is 4.74 Å². The Morgan fingerprint density at radius 2 is 2.05 bits per heavy atom. The van der Waals surface area contributed by atoms with E-state index in [9.17, 15) is 9.59 Å². The summed E-state index contributed by atoms with van der Waals surface area (Å²) in [5, 5.41) is 2.03. The van der Waals surface area contributed by atoms with Crippen LogP contribution in [0.2, 0.25) is 0 Å². The Balaban J connectivity index is 1.82. The molecule has 0 saturated heterocycles. The van der Waals surface area contributed by atoms with E-state index in [1.165, 1.54) is 11.8 Å². The molecule has 0 aliphatic carbocycles. The van der Waals surface area contributed by atoms with Gasteiger partial charge in [-0.1, -0.05) is 18.2 Å². The first kappa shape index (κ1) is 14.5. The van der Waals surface area contributed by atoms with Crippen LogP contribution < -0.4 is 4.74 Å². The van der Waals surface area contributed by atoms with Crippen molar-refractivity contribution in [3.63, 3.8) is 0 Å². The maximum absolute atomic E-state index is 11.7. The first-order valence-electron chi connectivity index (χ1n) is 6.49. The van der Waals surface area contributed by atoms with E-state index in [1.54, 1.807) is 35.6 Å². The molecule has 0 radical (unpaired) electrons. The maximum atomic E-state index is 11.7. The summed E-state index contributed by atoms with van der Waals surface area (Å²) in [4.78, 5) is 24.2. The summed E-state index contributed by atoms with van der Waals surface area (Å²) in [6, 6.07) is 10.8. The molecule has 2 aromatic rings. The van der Waals surface area contributed by atoms with Gasteiger partial charge >= 0.3 is 5.97 Å². The fourth-order valence-electron chi connectivity index (χ4n) is 1.82. The highest BCUT2D eigenvalue weighted by molar-refractivity contribution is 7.09. The van der Waals surface area contributed by atoms with Crippen molar-refractivity contribution in [3.05, 3.63) is 52.2 Å². The van der Waals surface area contributed by atoms with Gasteiger partial charge in [0.25, 0.3) is 0 Å². The van der Waals surface area contributed by atoms with Crippen molar-refractivity contribution in [1.29, 1.82) is 0 Å². The van der Waals surface area contributed by atoms with Crippen molar-refractivity contribution in [2.45, 2.75) is 26.2 Å².